The summed E-state index contributed by atoms with van der Waals surface area (Å²) in [6.07, 6.45) is 10.3. The van der Waals surface area contributed by atoms with Crippen molar-refractivity contribution in [2.75, 3.05) is 19.6 Å². The maximum absolute atomic E-state index is 12.2. The summed E-state index contributed by atoms with van der Waals surface area (Å²) in [4.78, 5) is 14.6. The second-order valence-electron chi connectivity index (χ2n) is 6.40. The second-order valence-corrected chi connectivity index (χ2v) is 6.40. The highest BCUT2D eigenvalue weighted by Gasteiger charge is 2.22. The molecule has 2 aliphatic rings. The van der Waals surface area contributed by atoms with Gasteiger partial charge in [0.15, 0.2) is 0 Å². The number of nitrogens with zero attached hydrogens (tertiary/aromatic N) is 1. The van der Waals surface area contributed by atoms with Crippen molar-refractivity contribution in [3.63, 3.8) is 0 Å². The highest BCUT2D eigenvalue weighted by molar-refractivity contribution is 5.76. The molecule has 114 valence electrons. The number of carbonyl (C=O) groups is 1. The van der Waals surface area contributed by atoms with Crippen LogP contribution in [0.2, 0.25) is 0 Å². The Morgan fingerprint density at radius 3 is 2.75 bits per heavy atom. The molecule has 0 saturated carbocycles. The third-order valence-electron chi connectivity index (χ3n) is 4.89. The van der Waals surface area contributed by atoms with Crippen molar-refractivity contribution in [3.8, 4) is 0 Å². The van der Waals surface area contributed by atoms with E-state index in [9.17, 15) is 4.79 Å². The molecule has 1 saturated heterocycles. The van der Waals surface area contributed by atoms with Gasteiger partial charge in [-0.25, -0.2) is 0 Å². The molecule has 0 spiro atoms. The van der Waals surface area contributed by atoms with E-state index in [1.54, 1.807) is 0 Å². The smallest absolute Gasteiger partial charge is 0.220 e. The number of allylic oxidation sites excluding steroid dienone is 1. The summed E-state index contributed by atoms with van der Waals surface area (Å²) in [5.41, 5.74) is 1.44. The summed E-state index contributed by atoms with van der Waals surface area (Å²) in [5.74, 6) is 0.837. The van der Waals surface area contributed by atoms with Gasteiger partial charge in [-0.05, 0) is 71.0 Å². The molecule has 0 aromatic heterocycles. The molecule has 1 atom stereocenters. The minimum Gasteiger partial charge on any atom is -0.350 e. The Labute approximate surface area is 123 Å². The summed E-state index contributed by atoms with van der Waals surface area (Å²) in [6.45, 7) is 7.82. The fourth-order valence-electron chi connectivity index (χ4n) is 3.42. The lowest BCUT2D eigenvalue weighted by Gasteiger charge is -2.31. The van der Waals surface area contributed by atoms with Crippen LogP contribution in [0.5, 0.6) is 0 Å². The number of carbonyl (C=O) groups excluding carboxylic acids is 1. The van der Waals surface area contributed by atoms with Gasteiger partial charge in [0.2, 0.25) is 5.91 Å². The zero-order chi connectivity index (χ0) is 14.4. The van der Waals surface area contributed by atoms with E-state index in [1.165, 1.54) is 37.7 Å². The van der Waals surface area contributed by atoms with E-state index in [2.05, 4.69) is 30.1 Å². The molecule has 1 aliphatic carbocycles. The number of amides is 1. The molecular weight excluding hydrogens is 248 g/mol. The standard InChI is InChI=1S/C17H30N2O/c1-3-19-11-9-15(10-12-19)13-17(20)18-14(2)16-7-5-4-6-8-16/h7,14-15H,3-6,8-13H2,1-2H3,(H,18,20)/t14-/m0/s1. The van der Waals surface area contributed by atoms with E-state index >= 15 is 0 Å². The van der Waals surface area contributed by atoms with Crippen LogP contribution < -0.4 is 5.32 Å². The molecule has 0 bridgehead atoms. The Hall–Kier alpha value is -0.830. The van der Waals surface area contributed by atoms with Gasteiger partial charge in [-0.15, -0.1) is 0 Å². The fourth-order valence-corrected chi connectivity index (χ4v) is 3.42. The molecule has 3 heteroatoms. The first-order chi connectivity index (χ1) is 9.69. The zero-order valence-electron chi connectivity index (χ0n) is 13.2. The van der Waals surface area contributed by atoms with Crippen LogP contribution in [0.4, 0.5) is 0 Å². The molecule has 2 rings (SSSR count). The second kappa shape index (κ2) is 7.82. The Morgan fingerprint density at radius 2 is 2.15 bits per heavy atom. The van der Waals surface area contributed by atoms with Crippen LogP contribution in [0.3, 0.4) is 0 Å². The molecule has 1 heterocycles. The van der Waals surface area contributed by atoms with Crippen LogP contribution in [0.1, 0.15) is 58.8 Å². The maximum Gasteiger partial charge on any atom is 0.220 e. The third-order valence-corrected chi connectivity index (χ3v) is 4.89. The van der Waals surface area contributed by atoms with Crippen LogP contribution in [0.25, 0.3) is 0 Å². The molecule has 0 unspecified atom stereocenters. The van der Waals surface area contributed by atoms with Crippen molar-refractivity contribution < 1.29 is 4.79 Å². The van der Waals surface area contributed by atoms with Gasteiger partial charge in [0, 0.05) is 12.5 Å². The van der Waals surface area contributed by atoms with Crippen LogP contribution in [-0.2, 0) is 4.79 Å². The average Bonchev–Trinajstić information content (AvgIpc) is 2.49. The third kappa shape index (κ3) is 4.62. The quantitative estimate of drug-likeness (QED) is 0.784. The lowest BCUT2D eigenvalue weighted by molar-refractivity contribution is -0.122. The van der Waals surface area contributed by atoms with Crippen molar-refractivity contribution in [2.24, 2.45) is 5.92 Å². The molecular formula is C17H30N2O. The number of hydrogen-bond donors (Lipinski definition) is 1. The van der Waals surface area contributed by atoms with Gasteiger partial charge in [-0.2, -0.15) is 0 Å². The average molecular weight is 278 g/mol. The first kappa shape index (κ1) is 15.6. The fraction of sp³-hybridized carbons (Fsp3) is 0.824. The number of piperidine rings is 1. The Morgan fingerprint density at radius 1 is 1.40 bits per heavy atom. The number of likely N-dealkylation sites (tertiary alicyclic amines) is 1. The highest BCUT2D eigenvalue weighted by atomic mass is 16.1. The molecule has 20 heavy (non-hydrogen) atoms. The van der Waals surface area contributed by atoms with Gasteiger partial charge >= 0.3 is 0 Å². The highest BCUT2D eigenvalue weighted by Crippen LogP contribution is 2.22. The van der Waals surface area contributed by atoms with Crippen molar-refractivity contribution >= 4 is 5.91 Å². The van der Waals surface area contributed by atoms with Crippen molar-refractivity contribution in [2.45, 2.75) is 64.8 Å². The van der Waals surface area contributed by atoms with Crippen LogP contribution >= 0.6 is 0 Å². The van der Waals surface area contributed by atoms with E-state index in [1.807, 2.05) is 0 Å². The maximum atomic E-state index is 12.2. The van der Waals surface area contributed by atoms with E-state index in [-0.39, 0.29) is 11.9 Å². The van der Waals surface area contributed by atoms with E-state index < -0.39 is 0 Å². The van der Waals surface area contributed by atoms with Crippen LogP contribution in [-0.4, -0.2) is 36.5 Å². The van der Waals surface area contributed by atoms with Gasteiger partial charge in [-0.1, -0.05) is 18.6 Å². The van der Waals surface area contributed by atoms with Gasteiger partial charge in [0.25, 0.3) is 0 Å². The van der Waals surface area contributed by atoms with Gasteiger partial charge < -0.3 is 10.2 Å². The molecule has 0 aromatic carbocycles. The lowest BCUT2D eigenvalue weighted by atomic mass is 9.92. The summed E-state index contributed by atoms with van der Waals surface area (Å²) in [6, 6.07) is 0.235. The number of rotatable bonds is 5. The molecule has 0 aromatic rings. The number of nitrogens with one attached hydrogen (secondary N) is 1. The molecule has 1 fully saturated rings. The van der Waals surface area contributed by atoms with Crippen molar-refractivity contribution in [1.29, 1.82) is 0 Å². The van der Waals surface area contributed by atoms with E-state index in [0.717, 1.165) is 32.5 Å². The monoisotopic (exact) mass is 278 g/mol. The predicted octanol–water partition coefficient (Wildman–Crippen LogP) is 3.11. The minimum absolute atomic E-state index is 0.235. The lowest BCUT2D eigenvalue weighted by Crippen LogP contribution is -2.38. The van der Waals surface area contributed by atoms with Crippen molar-refractivity contribution in [3.05, 3.63) is 11.6 Å². The van der Waals surface area contributed by atoms with E-state index in [4.69, 9.17) is 0 Å². The van der Waals surface area contributed by atoms with Crippen LogP contribution in [0.15, 0.2) is 11.6 Å². The SMILES string of the molecule is CCN1CCC(CC(=O)N[C@@H](C)C2=CCCCC2)CC1. The first-order valence-electron chi connectivity index (χ1n) is 8.39. The Bertz CT molecular complexity index is 343. The first-order valence-corrected chi connectivity index (χ1v) is 8.39. The van der Waals surface area contributed by atoms with Crippen molar-refractivity contribution in [1.82, 2.24) is 10.2 Å². The van der Waals surface area contributed by atoms with E-state index in [0.29, 0.717) is 5.92 Å². The molecule has 0 radical (unpaired) electrons. The Kier molecular flexibility index (Phi) is 6.08. The molecule has 1 aliphatic heterocycles. The minimum atomic E-state index is 0.235. The van der Waals surface area contributed by atoms with Gasteiger partial charge in [-0.3, -0.25) is 4.79 Å². The predicted molar refractivity (Wildman–Crippen MR) is 83.6 cm³/mol. The summed E-state index contributed by atoms with van der Waals surface area (Å²) in [5, 5.41) is 3.20. The molecule has 1 N–H and O–H groups in total. The summed E-state index contributed by atoms with van der Waals surface area (Å²) < 4.78 is 0. The topological polar surface area (TPSA) is 32.3 Å². The molecule has 3 nitrogen and oxygen atoms in total. The zero-order valence-corrected chi connectivity index (χ0v) is 13.2. The summed E-state index contributed by atoms with van der Waals surface area (Å²) in [7, 11) is 0. The largest absolute Gasteiger partial charge is 0.350 e. The number of hydrogen-bond acceptors (Lipinski definition) is 2. The van der Waals surface area contributed by atoms with Gasteiger partial charge in [0.1, 0.15) is 0 Å². The Balaban J connectivity index is 1.71. The normalized spacial score (nSPS) is 23.2. The van der Waals surface area contributed by atoms with Gasteiger partial charge in [0.05, 0.1) is 0 Å². The molecule has 1 amide bonds. The van der Waals surface area contributed by atoms with Crippen LogP contribution in [0, 0.1) is 5.92 Å². The summed E-state index contributed by atoms with van der Waals surface area (Å²) >= 11 is 0.